The zero-order valence-electron chi connectivity index (χ0n) is 20.3. The molecule has 2 aliphatic carbocycles. The molecule has 0 bridgehead atoms. The van der Waals surface area contributed by atoms with E-state index in [1.807, 2.05) is 11.8 Å². The van der Waals surface area contributed by atoms with Crippen LogP contribution in [0.3, 0.4) is 0 Å². The van der Waals surface area contributed by atoms with Crippen LogP contribution in [0.25, 0.3) is 0 Å². The van der Waals surface area contributed by atoms with Gasteiger partial charge in [-0.05, 0) is 50.9 Å². The Morgan fingerprint density at radius 1 is 1.22 bits per heavy atom. The van der Waals surface area contributed by atoms with Gasteiger partial charge in [0.1, 0.15) is 6.33 Å². The molecule has 1 saturated heterocycles. The molecule has 1 amide bonds. The molecule has 1 aliphatic heterocycles. The van der Waals surface area contributed by atoms with Gasteiger partial charge in [0.05, 0.1) is 31.4 Å². The molecule has 36 heavy (non-hydrogen) atoms. The number of hydrogen-bond donors (Lipinski definition) is 2. The number of nitriles is 1. The largest absolute Gasteiger partial charge is 0.488 e. The third kappa shape index (κ3) is 5.90. The molecule has 3 N–H and O–H groups in total. The van der Waals surface area contributed by atoms with E-state index in [1.54, 1.807) is 6.20 Å². The topological polar surface area (TPSA) is 165 Å². The first-order chi connectivity index (χ1) is 17.5. The first-order valence-corrected chi connectivity index (χ1v) is 12.5. The van der Waals surface area contributed by atoms with Gasteiger partial charge in [-0.2, -0.15) is 20.2 Å². The number of hydrogen-bond acceptors (Lipinski definition) is 11. The fourth-order valence-electron chi connectivity index (χ4n) is 4.36. The van der Waals surface area contributed by atoms with Crippen LogP contribution in [0.5, 0.6) is 11.8 Å². The SMILES string of the molecule is C[C@@H](NC(=O)c1nc(OC[C@H]2C[C@H]2C#N)nc(N2CCC(COc3cncnc3N)CC2)n1)C1CC1. The second-order valence-electron chi connectivity index (χ2n) is 9.90. The van der Waals surface area contributed by atoms with Crippen LogP contribution in [0.15, 0.2) is 12.5 Å². The summed E-state index contributed by atoms with van der Waals surface area (Å²) in [5.74, 6) is 2.03. The van der Waals surface area contributed by atoms with E-state index in [-0.39, 0.29) is 35.6 Å². The van der Waals surface area contributed by atoms with Crippen molar-refractivity contribution in [3.8, 4) is 17.8 Å². The van der Waals surface area contributed by atoms with Crippen molar-refractivity contribution in [2.24, 2.45) is 23.7 Å². The normalized spacial score (nSPS) is 22.4. The maximum atomic E-state index is 12.9. The third-order valence-corrected chi connectivity index (χ3v) is 7.09. The molecule has 3 fully saturated rings. The molecule has 2 aromatic heterocycles. The van der Waals surface area contributed by atoms with Crippen LogP contribution in [0.4, 0.5) is 11.8 Å². The summed E-state index contributed by atoms with van der Waals surface area (Å²) in [6.45, 7) is 4.29. The Balaban J connectivity index is 1.23. The van der Waals surface area contributed by atoms with E-state index < -0.39 is 0 Å². The number of aromatic nitrogens is 5. The molecule has 0 radical (unpaired) electrons. The summed E-state index contributed by atoms with van der Waals surface area (Å²) >= 11 is 0. The van der Waals surface area contributed by atoms with E-state index in [9.17, 15) is 4.79 Å². The van der Waals surface area contributed by atoms with Gasteiger partial charge < -0.3 is 25.4 Å². The maximum absolute atomic E-state index is 12.9. The summed E-state index contributed by atoms with van der Waals surface area (Å²) in [5.41, 5.74) is 5.83. The average Bonchev–Trinajstić information content (AvgIpc) is 3.82. The van der Waals surface area contributed by atoms with Crippen LogP contribution in [-0.4, -0.2) is 63.2 Å². The number of nitrogens with two attached hydrogens (primary N) is 1. The van der Waals surface area contributed by atoms with E-state index in [4.69, 9.17) is 20.5 Å². The van der Waals surface area contributed by atoms with Crippen LogP contribution in [0.1, 0.15) is 49.6 Å². The highest BCUT2D eigenvalue weighted by atomic mass is 16.5. The average molecular weight is 494 g/mol. The number of nitrogens with one attached hydrogen (secondary N) is 1. The molecule has 2 aromatic rings. The molecular formula is C24H31N9O3. The van der Waals surface area contributed by atoms with E-state index in [0.717, 1.165) is 32.1 Å². The predicted molar refractivity (Wildman–Crippen MR) is 129 cm³/mol. The van der Waals surface area contributed by atoms with Crippen molar-refractivity contribution in [2.75, 3.05) is 36.9 Å². The molecule has 0 unspecified atom stereocenters. The van der Waals surface area contributed by atoms with Gasteiger partial charge in [-0.1, -0.05) is 0 Å². The van der Waals surface area contributed by atoms with Crippen molar-refractivity contribution in [3.05, 3.63) is 18.3 Å². The van der Waals surface area contributed by atoms with Gasteiger partial charge in [0.25, 0.3) is 5.91 Å². The van der Waals surface area contributed by atoms with E-state index in [1.165, 1.54) is 6.33 Å². The van der Waals surface area contributed by atoms with E-state index >= 15 is 0 Å². The maximum Gasteiger partial charge on any atom is 0.321 e. The van der Waals surface area contributed by atoms with Gasteiger partial charge in [-0.3, -0.25) is 4.79 Å². The van der Waals surface area contributed by atoms with Crippen LogP contribution in [0.2, 0.25) is 0 Å². The lowest BCUT2D eigenvalue weighted by Crippen LogP contribution is -2.38. The number of nitrogen functional groups attached to an aromatic ring is 1. The van der Waals surface area contributed by atoms with Gasteiger partial charge in [-0.25, -0.2) is 9.97 Å². The Bertz CT molecular complexity index is 1130. The summed E-state index contributed by atoms with van der Waals surface area (Å²) < 4.78 is 11.6. The van der Waals surface area contributed by atoms with Crippen LogP contribution >= 0.6 is 0 Å². The summed E-state index contributed by atoms with van der Waals surface area (Å²) in [7, 11) is 0. The Labute approximate surface area is 209 Å². The van der Waals surface area contributed by atoms with Gasteiger partial charge in [0.2, 0.25) is 11.8 Å². The Morgan fingerprint density at radius 2 is 2.03 bits per heavy atom. The van der Waals surface area contributed by atoms with Crippen molar-refractivity contribution in [1.29, 1.82) is 5.26 Å². The fraction of sp³-hybridized carbons (Fsp3) is 0.625. The highest BCUT2D eigenvalue weighted by Crippen LogP contribution is 2.37. The lowest BCUT2D eigenvalue weighted by atomic mass is 9.98. The number of anilines is 2. The summed E-state index contributed by atoms with van der Waals surface area (Å²) in [6, 6.07) is 2.45. The highest BCUT2D eigenvalue weighted by molar-refractivity contribution is 5.91. The van der Waals surface area contributed by atoms with Gasteiger partial charge >= 0.3 is 6.01 Å². The molecule has 12 heteroatoms. The minimum absolute atomic E-state index is 0.0208. The Kier molecular flexibility index (Phi) is 6.97. The standard InChI is InChI=1S/C24H31N9O3/c1-14(16-2-3-16)29-22(34)21-30-23(32-24(31-21)36-12-18-8-17(18)9-25)33-6-4-15(5-7-33)11-35-19-10-27-13-28-20(19)26/h10,13-18H,2-8,11-12H2,1H3,(H,29,34)(H2,26,27,28)/t14-,17+,18-/m1/s1. The molecule has 5 rings (SSSR count). The fourth-order valence-corrected chi connectivity index (χ4v) is 4.36. The highest BCUT2D eigenvalue weighted by Gasteiger charge is 2.38. The van der Waals surface area contributed by atoms with Crippen LogP contribution < -0.4 is 25.4 Å². The molecule has 3 aliphatic rings. The number of carbonyl (C=O) groups excluding carboxylic acids is 1. The Hall–Kier alpha value is -3.75. The van der Waals surface area contributed by atoms with Crippen molar-refractivity contribution < 1.29 is 14.3 Å². The summed E-state index contributed by atoms with van der Waals surface area (Å²) in [5, 5.41) is 12.1. The van der Waals surface area contributed by atoms with Crippen molar-refractivity contribution >= 4 is 17.7 Å². The van der Waals surface area contributed by atoms with E-state index in [0.29, 0.717) is 55.7 Å². The zero-order chi connectivity index (χ0) is 25.1. The quantitative estimate of drug-likeness (QED) is 0.494. The second-order valence-corrected chi connectivity index (χ2v) is 9.90. The number of rotatable bonds is 10. The van der Waals surface area contributed by atoms with Crippen molar-refractivity contribution in [3.63, 3.8) is 0 Å². The minimum Gasteiger partial charge on any atom is -0.488 e. The Morgan fingerprint density at radius 3 is 2.72 bits per heavy atom. The molecule has 0 spiro atoms. The molecule has 0 aromatic carbocycles. The number of carbonyl (C=O) groups is 1. The monoisotopic (exact) mass is 493 g/mol. The molecule has 190 valence electrons. The first kappa shape index (κ1) is 24.0. The number of nitrogens with zero attached hydrogens (tertiary/aromatic N) is 7. The van der Waals surface area contributed by atoms with Gasteiger partial charge in [-0.15, -0.1) is 0 Å². The van der Waals surface area contributed by atoms with Crippen molar-refractivity contribution in [1.82, 2.24) is 30.2 Å². The molecule has 3 atom stereocenters. The summed E-state index contributed by atoms with van der Waals surface area (Å²) in [6.07, 6.45) is 7.76. The molecule has 3 heterocycles. The van der Waals surface area contributed by atoms with Crippen LogP contribution in [-0.2, 0) is 0 Å². The second kappa shape index (κ2) is 10.5. The number of amides is 1. The number of piperidine rings is 1. The van der Waals surface area contributed by atoms with Gasteiger partial charge in [0, 0.05) is 25.0 Å². The molecule has 2 saturated carbocycles. The molecule has 12 nitrogen and oxygen atoms in total. The third-order valence-electron chi connectivity index (χ3n) is 7.09. The van der Waals surface area contributed by atoms with Crippen LogP contribution in [0, 0.1) is 35.0 Å². The summed E-state index contributed by atoms with van der Waals surface area (Å²) in [4.78, 5) is 36.1. The zero-order valence-corrected chi connectivity index (χ0v) is 20.3. The number of ether oxygens (including phenoxy) is 2. The molecular weight excluding hydrogens is 462 g/mol. The van der Waals surface area contributed by atoms with Crippen molar-refractivity contribution in [2.45, 2.75) is 45.1 Å². The predicted octanol–water partition coefficient (Wildman–Crippen LogP) is 1.61. The first-order valence-electron chi connectivity index (χ1n) is 12.5. The smallest absolute Gasteiger partial charge is 0.321 e. The lowest BCUT2D eigenvalue weighted by molar-refractivity contribution is 0.0923. The minimum atomic E-state index is -0.324. The lowest BCUT2D eigenvalue weighted by Gasteiger charge is -2.32. The van der Waals surface area contributed by atoms with Gasteiger partial charge in [0.15, 0.2) is 11.6 Å². The van der Waals surface area contributed by atoms with E-state index in [2.05, 4.69) is 36.3 Å².